The number of aromatic amines is 1. The van der Waals surface area contributed by atoms with Gasteiger partial charge in [-0.05, 0) is 30.3 Å². The molecule has 34 heavy (non-hydrogen) atoms. The number of anilines is 1. The summed E-state index contributed by atoms with van der Waals surface area (Å²) in [4.78, 5) is 38.9. The van der Waals surface area contributed by atoms with E-state index in [0.717, 1.165) is 16.4 Å². The number of para-hydroxylation sites is 2. The van der Waals surface area contributed by atoms with Crippen LogP contribution in [0.15, 0.2) is 58.1 Å². The highest BCUT2D eigenvalue weighted by atomic mass is 35.5. The number of benzene rings is 2. The topological polar surface area (TPSA) is 121 Å². The predicted molar refractivity (Wildman–Crippen MR) is 132 cm³/mol. The number of nitrogens with one attached hydrogen (secondary N) is 1. The van der Waals surface area contributed by atoms with Crippen molar-refractivity contribution in [3.05, 3.63) is 80.1 Å². The quantitative estimate of drug-likeness (QED) is 0.408. The number of rotatable bonds is 3. The van der Waals surface area contributed by atoms with Crippen LogP contribution >= 0.6 is 11.6 Å². The molecule has 0 aliphatic heterocycles. The molecule has 0 aliphatic carbocycles. The van der Waals surface area contributed by atoms with Gasteiger partial charge in [0.1, 0.15) is 0 Å². The summed E-state index contributed by atoms with van der Waals surface area (Å²) in [5.41, 5.74) is 8.79. The summed E-state index contributed by atoms with van der Waals surface area (Å²) in [6.07, 6.45) is 0. The molecule has 0 fully saturated rings. The van der Waals surface area contributed by atoms with Crippen molar-refractivity contribution in [3.8, 4) is 5.95 Å². The van der Waals surface area contributed by atoms with Gasteiger partial charge in [0.25, 0.3) is 5.56 Å². The lowest BCUT2D eigenvalue weighted by Crippen LogP contribution is -2.39. The van der Waals surface area contributed by atoms with Crippen molar-refractivity contribution in [2.75, 3.05) is 5.73 Å². The normalized spacial score (nSPS) is 11.9. The highest BCUT2D eigenvalue weighted by Gasteiger charge is 2.22. The number of nitrogen functional groups attached to an aromatic ring is 1. The molecule has 2 aromatic carbocycles. The second-order valence-corrected chi connectivity index (χ2v) is 8.57. The van der Waals surface area contributed by atoms with Crippen molar-refractivity contribution in [1.82, 2.24) is 33.2 Å². The van der Waals surface area contributed by atoms with Gasteiger partial charge in [-0.1, -0.05) is 29.8 Å². The Balaban J connectivity index is 1.57. The summed E-state index contributed by atoms with van der Waals surface area (Å²) in [6.45, 7) is 0.0586. The molecule has 6 aromatic rings. The minimum absolute atomic E-state index is 0.0586. The van der Waals surface area contributed by atoms with Crippen molar-refractivity contribution >= 4 is 50.6 Å². The molecule has 4 aromatic heterocycles. The third-order valence-corrected chi connectivity index (χ3v) is 6.45. The first-order valence-electron chi connectivity index (χ1n) is 10.5. The molecule has 0 amide bonds. The minimum atomic E-state index is -0.477. The van der Waals surface area contributed by atoms with Crippen LogP contribution in [0.4, 0.5) is 5.95 Å². The van der Waals surface area contributed by atoms with Gasteiger partial charge in [-0.2, -0.15) is 4.98 Å². The SMILES string of the molecule is Cn1c(-n2c(N)nc3ccccc32)nc2c1c(=O)n(Cc1cc3c(Cl)cccc3[nH]1)c(=O)n2C. The zero-order chi connectivity index (χ0) is 23.7. The number of fused-ring (bicyclic) bond motifs is 3. The summed E-state index contributed by atoms with van der Waals surface area (Å²) in [7, 11) is 3.31. The average Bonchev–Trinajstić information content (AvgIpc) is 3.48. The lowest BCUT2D eigenvalue weighted by molar-refractivity contribution is 0.648. The monoisotopic (exact) mass is 474 g/mol. The first-order chi connectivity index (χ1) is 16.3. The predicted octanol–water partition coefficient (Wildman–Crippen LogP) is 2.54. The van der Waals surface area contributed by atoms with Crippen molar-refractivity contribution in [1.29, 1.82) is 0 Å². The maximum absolute atomic E-state index is 13.5. The molecule has 0 saturated carbocycles. The minimum Gasteiger partial charge on any atom is -0.369 e. The van der Waals surface area contributed by atoms with Gasteiger partial charge in [-0.15, -0.1) is 0 Å². The molecule has 0 atom stereocenters. The highest BCUT2D eigenvalue weighted by molar-refractivity contribution is 6.35. The summed E-state index contributed by atoms with van der Waals surface area (Å²) in [6, 6.07) is 14.8. The van der Waals surface area contributed by atoms with E-state index >= 15 is 0 Å². The Morgan fingerprint density at radius 1 is 1.03 bits per heavy atom. The van der Waals surface area contributed by atoms with E-state index in [-0.39, 0.29) is 23.7 Å². The fourth-order valence-corrected chi connectivity index (χ4v) is 4.69. The Bertz CT molecular complexity index is 1890. The van der Waals surface area contributed by atoms with Crippen LogP contribution in [0.1, 0.15) is 5.69 Å². The van der Waals surface area contributed by atoms with Crippen LogP contribution in [-0.2, 0) is 20.6 Å². The van der Waals surface area contributed by atoms with Crippen molar-refractivity contribution < 1.29 is 0 Å². The molecule has 4 heterocycles. The van der Waals surface area contributed by atoms with E-state index in [4.69, 9.17) is 17.3 Å². The van der Waals surface area contributed by atoms with Crippen LogP contribution in [0, 0.1) is 0 Å². The highest BCUT2D eigenvalue weighted by Crippen LogP contribution is 2.25. The van der Waals surface area contributed by atoms with Crippen molar-refractivity contribution in [3.63, 3.8) is 0 Å². The number of aryl methyl sites for hydroxylation is 2. The molecule has 6 rings (SSSR count). The smallest absolute Gasteiger partial charge is 0.332 e. The molecule has 0 spiro atoms. The largest absolute Gasteiger partial charge is 0.369 e. The third-order valence-electron chi connectivity index (χ3n) is 6.12. The number of aromatic nitrogens is 7. The second kappa shape index (κ2) is 7.09. The van der Waals surface area contributed by atoms with E-state index in [9.17, 15) is 9.59 Å². The second-order valence-electron chi connectivity index (χ2n) is 8.17. The van der Waals surface area contributed by atoms with E-state index in [1.807, 2.05) is 42.5 Å². The van der Waals surface area contributed by atoms with Crippen LogP contribution in [0.5, 0.6) is 0 Å². The number of hydrogen-bond acceptors (Lipinski definition) is 5. The van der Waals surface area contributed by atoms with Gasteiger partial charge in [0.15, 0.2) is 11.2 Å². The van der Waals surface area contributed by atoms with E-state index in [0.29, 0.717) is 22.2 Å². The van der Waals surface area contributed by atoms with E-state index in [1.165, 1.54) is 9.13 Å². The fourth-order valence-electron chi connectivity index (χ4n) is 4.46. The Hall–Kier alpha value is -4.31. The van der Waals surface area contributed by atoms with Crippen molar-refractivity contribution in [2.45, 2.75) is 6.54 Å². The van der Waals surface area contributed by atoms with Crippen LogP contribution in [0.25, 0.3) is 39.0 Å². The van der Waals surface area contributed by atoms with Crippen LogP contribution in [0.3, 0.4) is 0 Å². The average molecular weight is 475 g/mol. The third kappa shape index (κ3) is 2.75. The maximum atomic E-state index is 13.5. The fraction of sp³-hybridized carbons (Fsp3) is 0.130. The summed E-state index contributed by atoms with van der Waals surface area (Å²) in [5.74, 6) is 0.628. The van der Waals surface area contributed by atoms with Gasteiger partial charge in [0.05, 0.1) is 17.6 Å². The number of halogens is 1. The molecule has 0 radical (unpaired) electrons. The van der Waals surface area contributed by atoms with Gasteiger partial charge >= 0.3 is 5.69 Å². The molecule has 10 nitrogen and oxygen atoms in total. The van der Waals surface area contributed by atoms with Crippen LogP contribution < -0.4 is 17.0 Å². The molecular weight excluding hydrogens is 456 g/mol. The molecule has 0 aliphatic rings. The Labute approximate surface area is 196 Å². The number of H-pyrrole nitrogens is 1. The van der Waals surface area contributed by atoms with Crippen LogP contribution in [-0.4, -0.2) is 33.2 Å². The van der Waals surface area contributed by atoms with Crippen LogP contribution in [0.2, 0.25) is 5.02 Å². The maximum Gasteiger partial charge on any atom is 0.332 e. The number of nitrogens with zero attached hydrogens (tertiary/aromatic N) is 6. The first-order valence-corrected chi connectivity index (χ1v) is 10.9. The van der Waals surface area contributed by atoms with E-state index < -0.39 is 11.2 Å². The van der Waals surface area contributed by atoms with Gasteiger partial charge in [0, 0.05) is 35.7 Å². The number of nitrogens with two attached hydrogens (primary N) is 1. The zero-order valence-electron chi connectivity index (χ0n) is 18.3. The summed E-state index contributed by atoms with van der Waals surface area (Å²) >= 11 is 6.28. The van der Waals surface area contributed by atoms with E-state index in [2.05, 4.69) is 15.0 Å². The van der Waals surface area contributed by atoms with E-state index in [1.54, 1.807) is 29.3 Å². The molecule has 0 unspecified atom stereocenters. The van der Waals surface area contributed by atoms with Gasteiger partial charge < -0.3 is 15.3 Å². The van der Waals surface area contributed by atoms with Gasteiger partial charge in [-0.3, -0.25) is 13.9 Å². The molecule has 11 heteroatoms. The molecular formula is C23H19ClN8O2. The molecule has 0 saturated heterocycles. The lowest BCUT2D eigenvalue weighted by atomic mass is 10.2. The number of hydrogen-bond donors (Lipinski definition) is 2. The van der Waals surface area contributed by atoms with Gasteiger partial charge in [-0.25, -0.2) is 14.3 Å². The standard InChI is InChI=1S/C23H19ClN8O2/c1-29-18-19(28-22(29)32-17-9-4-3-7-16(17)27-21(32)25)30(2)23(34)31(20(18)33)11-12-10-13-14(24)6-5-8-15(13)26-12/h3-10,26H,11H2,1-2H3,(H2,25,27). The molecule has 3 N–H and O–H groups in total. The van der Waals surface area contributed by atoms with Gasteiger partial charge in [0.2, 0.25) is 11.9 Å². The first kappa shape index (κ1) is 20.3. The molecule has 0 bridgehead atoms. The molecule has 170 valence electrons. The Morgan fingerprint density at radius 2 is 1.82 bits per heavy atom. The summed E-state index contributed by atoms with van der Waals surface area (Å²) in [5, 5.41) is 1.42. The zero-order valence-corrected chi connectivity index (χ0v) is 19.0. The number of imidazole rings is 2. The summed E-state index contributed by atoms with van der Waals surface area (Å²) < 4.78 is 5.86. The Morgan fingerprint density at radius 3 is 2.62 bits per heavy atom. The van der Waals surface area contributed by atoms with Crippen molar-refractivity contribution in [2.24, 2.45) is 14.1 Å². The lowest BCUT2D eigenvalue weighted by Gasteiger charge is -2.08. The Kier molecular flexibility index (Phi) is 4.24.